The molecule has 0 aliphatic heterocycles. The van der Waals surface area contributed by atoms with Gasteiger partial charge in [-0.05, 0) is 36.1 Å². The zero-order valence-corrected chi connectivity index (χ0v) is 24.3. The molecule has 40 heavy (non-hydrogen) atoms. The smallest absolute Gasteiger partial charge is 0.243 e. The minimum Gasteiger partial charge on any atom is -0.497 e. The van der Waals surface area contributed by atoms with Crippen LogP contribution in [0.5, 0.6) is 5.75 Å². The van der Waals surface area contributed by atoms with Crippen molar-refractivity contribution < 1.29 is 22.7 Å². The Morgan fingerprint density at radius 2 is 1.57 bits per heavy atom. The molecule has 0 spiro atoms. The Kier molecular flexibility index (Phi) is 11.6. The van der Waals surface area contributed by atoms with Gasteiger partial charge in [-0.15, -0.1) is 0 Å². The fourth-order valence-electron chi connectivity index (χ4n) is 4.47. The summed E-state index contributed by atoms with van der Waals surface area (Å²) in [4.78, 5) is 28.8. The van der Waals surface area contributed by atoms with Crippen LogP contribution in [0.25, 0.3) is 0 Å². The summed E-state index contributed by atoms with van der Waals surface area (Å²) in [5, 5.41) is 2.97. The van der Waals surface area contributed by atoms with Crippen molar-refractivity contribution >= 4 is 27.5 Å². The quantitative estimate of drug-likeness (QED) is 0.295. The topological polar surface area (TPSA) is 96.0 Å². The van der Waals surface area contributed by atoms with E-state index in [0.29, 0.717) is 24.4 Å². The number of rotatable bonds is 15. The van der Waals surface area contributed by atoms with Crippen LogP contribution in [0.1, 0.15) is 37.3 Å². The molecule has 3 aromatic rings. The lowest BCUT2D eigenvalue weighted by atomic mass is 10.0. The maximum atomic E-state index is 13.8. The third-order valence-corrected chi connectivity index (χ3v) is 7.70. The van der Waals surface area contributed by atoms with Gasteiger partial charge in [-0.2, -0.15) is 0 Å². The molecule has 0 aromatic heterocycles. The third kappa shape index (κ3) is 9.12. The Labute approximate surface area is 238 Å². The van der Waals surface area contributed by atoms with E-state index >= 15 is 0 Å². The number of hydrogen-bond donors (Lipinski definition) is 1. The monoisotopic (exact) mass is 565 g/mol. The number of benzene rings is 3. The second-order valence-corrected chi connectivity index (χ2v) is 11.6. The first-order valence-corrected chi connectivity index (χ1v) is 15.3. The molecule has 0 bridgehead atoms. The van der Waals surface area contributed by atoms with Crippen molar-refractivity contribution in [3.63, 3.8) is 0 Å². The maximum absolute atomic E-state index is 13.8. The van der Waals surface area contributed by atoms with Crippen molar-refractivity contribution in [3.05, 3.63) is 96.1 Å². The standard InChI is InChI=1S/C31H39N3O5S/c1-4-20-32-31(36)29(22-25-13-7-5-8-14-25)33(24-26-15-9-6-10-16-26)30(35)19-12-21-34(40(3,37)38)27-17-11-18-28(23-27)39-2/h5-11,13-18,23,29H,4,12,19-22,24H2,1-3H3,(H,32,36)/t29-/m1/s1. The van der Waals surface area contributed by atoms with E-state index in [9.17, 15) is 18.0 Å². The van der Waals surface area contributed by atoms with Crippen molar-refractivity contribution in [2.24, 2.45) is 0 Å². The van der Waals surface area contributed by atoms with Gasteiger partial charge in [-0.25, -0.2) is 8.42 Å². The van der Waals surface area contributed by atoms with Crippen molar-refractivity contribution in [2.45, 2.75) is 45.2 Å². The molecule has 0 saturated heterocycles. The van der Waals surface area contributed by atoms with E-state index in [0.717, 1.165) is 23.8 Å². The predicted molar refractivity (Wildman–Crippen MR) is 159 cm³/mol. The maximum Gasteiger partial charge on any atom is 0.243 e. The number of ether oxygens (including phenoxy) is 1. The highest BCUT2D eigenvalue weighted by Crippen LogP contribution is 2.24. The molecule has 0 aliphatic rings. The third-order valence-electron chi connectivity index (χ3n) is 6.51. The van der Waals surface area contributed by atoms with Crippen LogP contribution in [-0.4, -0.2) is 57.6 Å². The highest BCUT2D eigenvalue weighted by molar-refractivity contribution is 7.92. The van der Waals surface area contributed by atoms with Crippen LogP contribution >= 0.6 is 0 Å². The summed E-state index contributed by atoms with van der Waals surface area (Å²) in [7, 11) is -2.08. The van der Waals surface area contributed by atoms with Gasteiger partial charge in [-0.3, -0.25) is 13.9 Å². The van der Waals surface area contributed by atoms with Gasteiger partial charge >= 0.3 is 0 Å². The minimum absolute atomic E-state index is 0.0785. The van der Waals surface area contributed by atoms with Gasteiger partial charge in [0.15, 0.2) is 0 Å². The van der Waals surface area contributed by atoms with Gasteiger partial charge in [0.1, 0.15) is 11.8 Å². The molecule has 0 heterocycles. The average Bonchev–Trinajstić information content (AvgIpc) is 2.96. The zero-order valence-electron chi connectivity index (χ0n) is 23.5. The molecule has 214 valence electrons. The van der Waals surface area contributed by atoms with Gasteiger partial charge in [0.25, 0.3) is 0 Å². The summed E-state index contributed by atoms with van der Waals surface area (Å²) in [6, 6.07) is 25.3. The van der Waals surface area contributed by atoms with Crippen molar-refractivity contribution in [2.75, 3.05) is 30.8 Å². The van der Waals surface area contributed by atoms with Crippen LogP contribution in [0.2, 0.25) is 0 Å². The molecule has 3 rings (SSSR count). The summed E-state index contributed by atoms with van der Waals surface area (Å²) in [6.45, 7) is 2.88. The fraction of sp³-hybridized carbons (Fsp3) is 0.355. The molecule has 0 radical (unpaired) electrons. The lowest BCUT2D eigenvalue weighted by Crippen LogP contribution is -2.50. The molecule has 0 fully saturated rings. The average molecular weight is 566 g/mol. The van der Waals surface area contributed by atoms with E-state index in [1.165, 1.54) is 11.4 Å². The molecule has 0 saturated carbocycles. The van der Waals surface area contributed by atoms with Gasteiger partial charge < -0.3 is 15.0 Å². The van der Waals surface area contributed by atoms with E-state index in [4.69, 9.17) is 4.74 Å². The molecular weight excluding hydrogens is 526 g/mol. The number of hydrogen-bond acceptors (Lipinski definition) is 5. The number of sulfonamides is 1. The minimum atomic E-state index is -3.60. The van der Waals surface area contributed by atoms with Crippen LogP contribution in [0.15, 0.2) is 84.9 Å². The number of carbonyl (C=O) groups is 2. The Morgan fingerprint density at radius 1 is 0.925 bits per heavy atom. The summed E-state index contributed by atoms with van der Waals surface area (Å²) in [5.74, 6) is 0.123. The number of carbonyl (C=O) groups excluding carboxylic acids is 2. The molecule has 1 N–H and O–H groups in total. The highest BCUT2D eigenvalue weighted by atomic mass is 32.2. The van der Waals surface area contributed by atoms with E-state index < -0.39 is 16.1 Å². The van der Waals surface area contributed by atoms with E-state index in [-0.39, 0.29) is 37.7 Å². The van der Waals surface area contributed by atoms with Crippen LogP contribution < -0.4 is 14.4 Å². The lowest BCUT2D eigenvalue weighted by Gasteiger charge is -2.32. The number of methoxy groups -OCH3 is 1. The molecule has 0 unspecified atom stereocenters. The van der Waals surface area contributed by atoms with Crippen LogP contribution in [0.3, 0.4) is 0 Å². The SMILES string of the molecule is CCCNC(=O)[C@@H](Cc1ccccc1)N(Cc1ccccc1)C(=O)CCCN(c1cccc(OC)c1)S(C)(=O)=O. The van der Waals surface area contributed by atoms with E-state index in [2.05, 4.69) is 5.32 Å². The predicted octanol–water partition coefficient (Wildman–Crippen LogP) is 4.41. The Morgan fingerprint density at radius 3 is 2.17 bits per heavy atom. The second-order valence-electron chi connectivity index (χ2n) is 9.64. The highest BCUT2D eigenvalue weighted by Gasteiger charge is 2.30. The van der Waals surface area contributed by atoms with Crippen LogP contribution in [0, 0.1) is 0 Å². The molecular formula is C31H39N3O5S. The fourth-order valence-corrected chi connectivity index (χ4v) is 5.43. The molecule has 2 amide bonds. The molecule has 9 heteroatoms. The molecule has 1 atom stereocenters. The first kappa shape index (κ1) is 30.7. The van der Waals surface area contributed by atoms with Crippen molar-refractivity contribution in [1.29, 1.82) is 0 Å². The van der Waals surface area contributed by atoms with Gasteiger partial charge in [0, 0.05) is 38.5 Å². The Hall–Kier alpha value is -3.85. The second kappa shape index (κ2) is 15.1. The van der Waals surface area contributed by atoms with E-state index in [1.807, 2.05) is 67.6 Å². The van der Waals surface area contributed by atoms with Gasteiger partial charge in [-0.1, -0.05) is 73.7 Å². The van der Waals surface area contributed by atoms with Gasteiger partial charge in [0.2, 0.25) is 21.8 Å². The van der Waals surface area contributed by atoms with Crippen LogP contribution in [-0.2, 0) is 32.6 Å². The van der Waals surface area contributed by atoms with Crippen LogP contribution in [0.4, 0.5) is 5.69 Å². The summed E-state index contributed by atoms with van der Waals surface area (Å²) in [5.41, 5.74) is 2.33. The largest absolute Gasteiger partial charge is 0.497 e. The first-order chi connectivity index (χ1) is 19.2. The number of amides is 2. The summed E-state index contributed by atoms with van der Waals surface area (Å²) < 4.78 is 31.8. The number of nitrogens with zero attached hydrogens (tertiary/aromatic N) is 2. The molecule has 3 aromatic carbocycles. The zero-order chi connectivity index (χ0) is 29.0. The number of anilines is 1. The summed E-state index contributed by atoms with van der Waals surface area (Å²) >= 11 is 0. The van der Waals surface area contributed by atoms with Gasteiger partial charge in [0.05, 0.1) is 19.1 Å². The van der Waals surface area contributed by atoms with Crippen molar-refractivity contribution in [3.8, 4) is 5.75 Å². The lowest BCUT2D eigenvalue weighted by molar-refractivity contribution is -0.141. The Balaban J connectivity index is 1.85. The molecule has 8 nitrogen and oxygen atoms in total. The normalized spacial score (nSPS) is 11.9. The number of nitrogens with one attached hydrogen (secondary N) is 1. The van der Waals surface area contributed by atoms with Crippen molar-refractivity contribution in [1.82, 2.24) is 10.2 Å². The van der Waals surface area contributed by atoms with E-state index in [1.54, 1.807) is 29.2 Å². The first-order valence-electron chi connectivity index (χ1n) is 13.5. The Bertz CT molecular complexity index is 1330. The molecule has 0 aliphatic carbocycles. The summed E-state index contributed by atoms with van der Waals surface area (Å²) in [6.07, 6.45) is 2.65.